The first-order chi connectivity index (χ1) is 8.65. The fourth-order valence-electron chi connectivity index (χ4n) is 2.35. The number of piperazine rings is 1. The van der Waals surface area contributed by atoms with Gasteiger partial charge in [0.2, 0.25) is 0 Å². The van der Waals surface area contributed by atoms with Crippen molar-refractivity contribution in [3.63, 3.8) is 0 Å². The van der Waals surface area contributed by atoms with Crippen molar-refractivity contribution < 1.29 is 0 Å². The highest BCUT2D eigenvalue weighted by Gasteiger charge is 2.21. The number of benzene rings is 1. The quantitative estimate of drug-likeness (QED) is 0.914. The molecule has 1 saturated heterocycles. The Labute approximate surface area is 118 Å². The van der Waals surface area contributed by atoms with E-state index in [9.17, 15) is 0 Å². The first-order valence-corrected chi connectivity index (χ1v) is 7.28. The predicted molar refractivity (Wildman–Crippen MR) is 79.8 cm³/mol. The highest BCUT2D eigenvalue weighted by Crippen LogP contribution is 2.11. The van der Waals surface area contributed by atoms with Crippen molar-refractivity contribution in [1.82, 2.24) is 15.1 Å². The van der Waals surface area contributed by atoms with Gasteiger partial charge >= 0.3 is 0 Å². The number of rotatable bonds is 4. The minimum atomic E-state index is 0.621. The van der Waals surface area contributed by atoms with E-state index in [2.05, 4.69) is 69.4 Å². The fourth-order valence-corrected chi connectivity index (χ4v) is 2.80. The Balaban J connectivity index is 1.77. The summed E-state index contributed by atoms with van der Waals surface area (Å²) in [5.41, 5.74) is 1.33. The molecule has 0 spiro atoms. The monoisotopic (exact) mass is 311 g/mol. The second kappa shape index (κ2) is 6.66. The third-order valence-electron chi connectivity index (χ3n) is 3.58. The molecule has 2 rings (SSSR count). The van der Waals surface area contributed by atoms with Crippen LogP contribution >= 0.6 is 15.9 Å². The first-order valence-electron chi connectivity index (χ1n) is 6.49. The fraction of sp³-hybridized carbons (Fsp3) is 0.571. The van der Waals surface area contributed by atoms with Gasteiger partial charge in [-0.1, -0.05) is 28.1 Å². The SMILES string of the molecule is CN1CCN(C)C(CNCc2cccc(Br)c2)C1. The zero-order chi connectivity index (χ0) is 13.0. The predicted octanol–water partition coefficient (Wildman–Crippen LogP) is 1.78. The molecule has 0 aromatic heterocycles. The van der Waals surface area contributed by atoms with Crippen LogP contribution in [0, 0.1) is 0 Å². The van der Waals surface area contributed by atoms with E-state index in [0.29, 0.717) is 6.04 Å². The van der Waals surface area contributed by atoms with E-state index in [4.69, 9.17) is 0 Å². The average molecular weight is 312 g/mol. The number of hydrogen-bond donors (Lipinski definition) is 1. The van der Waals surface area contributed by atoms with Gasteiger partial charge in [-0.2, -0.15) is 0 Å². The molecule has 1 N–H and O–H groups in total. The van der Waals surface area contributed by atoms with E-state index < -0.39 is 0 Å². The van der Waals surface area contributed by atoms with Crippen molar-refractivity contribution >= 4 is 15.9 Å². The van der Waals surface area contributed by atoms with Crippen LogP contribution in [0.1, 0.15) is 5.56 Å². The molecule has 1 aliphatic rings. The molecule has 1 atom stereocenters. The summed E-state index contributed by atoms with van der Waals surface area (Å²) in [4.78, 5) is 4.86. The summed E-state index contributed by atoms with van der Waals surface area (Å²) in [5.74, 6) is 0. The van der Waals surface area contributed by atoms with Crippen LogP contribution in [0.4, 0.5) is 0 Å². The van der Waals surface area contributed by atoms with Gasteiger partial charge in [-0.3, -0.25) is 4.90 Å². The number of nitrogens with one attached hydrogen (secondary N) is 1. The molecule has 0 bridgehead atoms. The molecule has 1 aromatic carbocycles. The summed E-state index contributed by atoms with van der Waals surface area (Å²) < 4.78 is 1.15. The minimum Gasteiger partial charge on any atom is -0.311 e. The highest BCUT2D eigenvalue weighted by atomic mass is 79.9. The Kier molecular flexibility index (Phi) is 5.18. The van der Waals surface area contributed by atoms with Crippen LogP contribution in [0.25, 0.3) is 0 Å². The molecular formula is C14H22BrN3. The molecule has 0 aliphatic carbocycles. The van der Waals surface area contributed by atoms with Gasteiger partial charge in [0.1, 0.15) is 0 Å². The summed E-state index contributed by atoms with van der Waals surface area (Å²) in [5, 5.41) is 3.56. The second-order valence-corrected chi connectivity index (χ2v) is 6.07. The maximum Gasteiger partial charge on any atom is 0.0345 e. The van der Waals surface area contributed by atoms with Crippen LogP contribution in [0.2, 0.25) is 0 Å². The van der Waals surface area contributed by atoms with E-state index >= 15 is 0 Å². The van der Waals surface area contributed by atoms with Crippen LogP contribution in [0.5, 0.6) is 0 Å². The summed E-state index contributed by atoms with van der Waals surface area (Å²) in [7, 11) is 4.42. The Hall–Kier alpha value is -0.420. The zero-order valence-electron chi connectivity index (χ0n) is 11.2. The molecule has 0 saturated carbocycles. The lowest BCUT2D eigenvalue weighted by Crippen LogP contribution is -2.53. The van der Waals surface area contributed by atoms with Gasteiger partial charge in [0, 0.05) is 43.2 Å². The van der Waals surface area contributed by atoms with E-state index in [1.165, 1.54) is 18.7 Å². The lowest BCUT2D eigenvalue weighted by atomic mass is 10.1. The standard InChI is InChI=1S/C14H22BrN3/c1-17-6-7-18(2)14(11-17)10-16-9-12-4-3-5-13(15)8-12/h3-5,8,14,16H,6-7,9-11H2,1-2H3. The van der Waals surface area contributed by atoms with Crippen LogP contribution in [0.3, 0.4) is 0 Å². The lowest BCUT2D eigenvalue weighted by molar-refractivity contribution is 0.113. The third-order valence-corrected chi connectivity index (χ3v) is 4.07. The summed E-state index contributed by atoms with van der Waals surface area (Å²) in [6.45, 7) is 5.49. The number of hydrogen-bond acceptors (Lipinski definition) is 3. The van der Waals surface area contributed by atoms with Gasteiger partial charge in [-0.05, 0) is 31.8 Å². The van der Waals surface area contributed by atoms with Crippen LogP contribution in [0.15, 0.2) is 28.7 Å². The highest BCUT2D eigenvalue weighted by molar-refractivity contribution is 9.10. The largest absolute Gasteiger partial charge is 0.311 e. The van der Waals surface area contributed by atoms with Crippen molar-refractivity contribution in [2.45, 2.75) is 12.6 Å². The summed E-state index contributed by atoms with van der Waals surface area (Å²) in [6.07, 6.45) is 0. The summed E-state index contributed by atoms with van der Waals surface area (Å²) in [6, 6.07) is 9.10. The first kappa shape index (κ1) is 14.0. The topological polar surface area (TPSA) is 18.5 Å². The van der Waals surface area contributed by atoms with Crippen LogP contribution < -0.4 is 5.32 Å². The maximum absolute atomic E-state index is 3.56. The van der Waals surface area contributed by atoms with Crippen molar-refractivity contribution in [2.24, 2.45) is 0 Å². The average Bonchev–Trinajstić information content (AvgIpc) is 2.34. The molecule has 0 amide bonds. The molecule has 1 fully saturated rings. The van der Waals surface area contributed by atoms with Gasteiger partial charge in [0.05, 0.1) is 0 Å². The molecule has 18 heavy (non-hydrogen) atoms. The molecule has 1 unspecified atom stereocenters. The molecule has 0 radical (unpaired) electrons. The van der Waals surface area contributed by atoms with Gasteiger partial charge in [0.15, 0.2) is 0 Å². The Bertz CT molecular complexity index is 383. The van der Waals surface area contributed by atoms with Gasteiger partial charge in [-0.25, -0.2) is 0 Å². The molecule has 3 nitrogen and oxygen atoms in total. The molecule has 1 heterocycles. The Morgan fingerprint density at radius 1 is 1.33 bits per heavy atom. The summed E-state index contributed by atoms with van der Waals surface area (Å²) >= 11 is 3.51. The second-order valence-electron chi connectivity index (χ2n) is 5.16. The van der Waals surface area contributed by atoms with Gasteiger partial charge in [-0.15, -0.1) is 0 Å². The zero-order valence-corrected chi connectivity index (χ0v) is 12.8. The molecular weight excluding hydrogens is 290 g/mol. The van der Waals surface area contributed by atoms with E-state index in [1.54, 1.807) is 0 Å². The number of nitrogens with zero attached hydrogens (tertiary/aromatic N) is 2. The van der Waals surface area contributed by atoms with Crippen molar-refractivity contribution in [1.29, 1.82) is 0 Å². The minimum absolute atomic E-state index is 0.621. The molecule has 4 heteroatoms. The molecule has 1 aromatic rings. The van der Waals surface area contributed by atoms with Crippen LogP contribution in [-0.2, 0) is 6.54 Å². The number of likely N-dealkylation sites (N-methyl/N-ethyl adjacent to an activating group) is 2. The Morgan fingerprint density at radius 3 is 2.94 bits per heavy atom. The van der Waals surface area contributed by atoms with Gasteiger partial charge < -0.3 is 10.2 Å². The Morgan fingerprint density at radius 2 is 2.17 bits per heavy atom. The van der Waals surface area contributed by atoms with E-state index in [1.807, 2.05) is 0 Å². The molecule has 1 aliphatic heterocycles. The normalized spacial score (nSPS) is 22.3. The third kappa shape index (κ3) is 4.05. The van der Waals surface area contributed by atoms with Crippen LogP contribution in [-0.4, -0.2) is 56.1 Å². The smallest absolute Gasteiger partial charge is 0.0345 e. The number of halogens is 1. The molecule has 100 valence electrons. The maximum atomic E-state index is 3.56. The van der Waals surface area contributed by atoms with Crippen molar-refractivity contribution in [3.05, 3.63) is 34.3 Å². The van der Waals surface area contributed by atoms with E-state index in [-0.39, 0.29) is 0 Å². The lowest BCUT2D eigenvalue weighted by Gasteiger charge is -2.37. The van der Waals surface area contributed by atoms with Crippen molar-refractivity contribution in [3.8, 4) is 0 Å². The van der Waals surface area contributed by atoms with Gasteiger partial charge in [0.25, 0.3) is 0 Å². The van der Waals surface area contributed by atoms with Crippen molar-refractivity contribution in [2.75, 3.05) is 40.3 Å². The van der Waals surface area contributed by atoms with E-state index in [0.717, 1.165) is 24.1 Å².